The lowest BCUT2D eigenvalue weighted by Crippen LogP contribution is -2.37. The van der Waals surface area contributed by atoms with Crippen LogP contribution in [0.1, 0.15) is 11.6 Å². The molecule has 0 spiro atoms. The maximum Gasteiger partial charge on any atom is 0.266 e. The number of hydroxylamine groups is 1. The Hall–Kier alpha value is -3.22. The number of imide groups is 1. The van der Waals surface area contributed by atoms with Gasteiger partial charge in [0.05, 0.1) is 17.4 Å². The summed E-state index contributed by atoms with van der Waals surface area (Å²) in [5.74, 6) is -2.03. The molecule has 0 unspecified atom stereocenters. The van der Waals surface area contributed by atoms with E-state index < -0.39 is 29.8 Å². The van der Waals surface area contributed by atoms with Crippen molar-refractivity contribution in [3.8, 4) is 0 Å². The largest absolute Gasteiger partial charge is 0.273 e. The second-order valence-electron chi connectivity index (χ2n) is 7.20. The summed E-state index contributed by atoms with van der Waals surface area (Å²) >= 11 is 6.05. The Morgan fingerprint density at radius 3 is 2.13 bits per heavy atom. The van der Waals surface area contributed by atoms with E-state index in [2.05, 4.69) is 0 Å². The normalized spacial score (nSPS) is 23.2. The summed E-state index contributed by atoms with van der Waals surface area (Å²) in [6.45, 7) is 0. The molecule has 2 aliphatic heterocycles. The van der Waals surface area contributed by atoms with Gasteiger partial charge in [-0.05, 0) is 54.1 Å². The molecule has 0 aliphatic carbocycles. The van der Waals surface area contributed by atoms with Crippen LogP contribution in [0.3, 0.4) is 0 Å². The Bertz CT molecular complexity index is 1110. The first kappa shape index (κ1) is 18.8. The van der Waals surface area contributed by atoms with Crippen LogP contribution in [0.25, 0.3) is 0 Å². The van der Waals surface area contributed by atoms with Crippen molar-refractivity contribution in [2.45, 2.75) is 12.1 Å². The molecular weight excluding hydrogens is 407 g/mol. The highest BCUT2D eigenvalue weighted by Gasteiger charge is 2.60. The number of hydrogen-bond donors (Lipinski definition) is 0. The van der Waals surface area contributed by atoms with Gasteiger partial charge in [0.2, 0.25) is 5.91 Å². The molecule has 0 N–H and O–H groups in total. The number of anilines is 2. The summed E-state index contributed by atoms with van der Waals surface area (Å²) in [5.41, 5.74) is 1.86. The quantitative estimate of drug-likeness (QED) is 0.582. The molecule has 5 rings (SSSR count). The van der Waals surface area contributed by atoms with Crippen LogP contribution in [0.15, 0.2) is 78.9 Å². The van der Waals surface area contributed by atoms with E-state index >= 15 is 0 Å². The molecule has 150 valence electrons. The molecule has 0 aromatic heterocycles. The van der Waals surface area contributed by atoms with Crippen molar-refractivity contribution in [3.05, 3.63) is 95.3 Å². The van der Waals surface area contributed by atoms with Crippen LogP contribution in [0.5, 0.6) is 0 Å². The van der Waals surface area contributed by atoms with E-state index in [9.17, 15) is 14.0 Å². The zero-order chi connectivity index (χ0) is 20.8. The van der Waals surface area contributed by atoms with Crippen molar-refractivity contribution < 1.29 is 18.8 Å². The van der Waals surface area contributed by atoms with Crippen molar-refractivity contribution >= 4 is 34.8 Å². The zero-order valence-electron chi connectivity index (χ0n) is 15.6. The molecule has 30 heavy (non-hydrogen) atoms. The predicted molar refractivity (Wildman–Crippen MR) is 110 cm³/mol. The predicted octanol–water partition coefficient (Wildman–Crippen LogP) is 4.53. The maximum atomic E-state index is 13.4. The standard InChI is InChI=1S/C23H16ClFN2O3/c24-15-8-6-14(7-9-15)20-19-21(30-27(20)18-4-2-1-3-5-18)23(29)26(22(19)28)17-12-10-16(25)11-13-17/h1-13,19-21H/t19-,20+,21+/m1/s1. The monoisotopic (exact) mass is 422 g/mol. The van der Waals surface area contributed by atoms with Gasteiger partial charge in [-0.1, -0.05) is 41.9 Å². The Labute approximate surface area is 177 Å². The zero-order valence-corrected chi connectivity index (χ0v) is 16.4. The molecule has 0 radical (unpaired) electrons. The molecule has 5 nitrogen and oxygen atoms in total. The van der Waals surface area contributed by atoms with Gasteiger partial charge in [0.15, 0.2) is 6.10 Å². The van der Waals surface area contributed by atoms with Crippen LogP contribution >= 0.6 is 11.6 Å². The number of fused-ring (bicyclic) bond motifs is 1. The number of nitrogens with zero attached hydrogens (tertiary/aromatic N) is 2. The molecule has 2 saturated heterocycles. The number of benzene rings is 3. The molecule has 3 aromatic rings. The Morgan fingerprint density at radius 2 is 1.47 bits per heavy atom. The lowest BCUT2D eigenvalue weighted by molar-refractivity contribution is -0.126. The number of amides is 2. The van der Waals surface area contributed by atoms with Crippen LogP contribution in [-0.4, -0.2) is 17.9 Å². The number of hydrogen-bond acceptors (Lipinski definition) is 4. The number of carbonyl (C=O) groups is 2. The first-order valence-electron chi connectivity index (χ1n) is 9.44. The first-order chi connectivity index (χ1) is 14.5. The Kier molecular flexibility index (Phi) is 4.53. The SMILES string of the molecule is O=C1[C@H]2[C@H](ON(c3ccccc3)[C@H]2c2ccc(Cl)cc2)C(=O)N1c1ccc(F)cc1. The van der Waals surface area contributed by atoms with E-state index in [1.165, 1.54) is 24.3 Å². The molecule has 2 fully saturated rings. The van der Waals surface area contributed by atoms with Crippen LogP contribution in [0.4, 0.5) is 15.8 Å². The number of rotatable bonds is 3. The van der Waals surface area contributed by atoms with Gasteiger partial charge in [0.25, 0.3) is 5.91 Å². The van der Waals surface area contributed by atoms with E-state index in [0.29, 0.717) is 10.7 Å². The third-order valence-electron chi connectivity index (χ3n) is 5.42. The van der Waals surface area contributed by atoms with Gasteiger partial charge < -0.3 is 0 Å². The number of carbonyl (C=O) groups excluding carboxylic acids is 2. The smallest absolute Gasteiger partial charge is 0.266 e. The third-order valence-corrected chi connectivity index (χ3v) is 5.67. The summed E-state index contributed by atoms with van der Waals surface area (Å²) in [6, 6.07) is 21.2. The van der Waals surface area contributed by atoms with Crippen molar-refractivity contribution in [1.82, 2.24) is 0 Å². The molecule has 0 bridgehead atoms. The average Bonchev–Trinajstić information content (AvgIpc) is 3.27. The van der Waals surface area contributed by atoms with Gasteiger partial charge in [-0.3, -0.25) is 14.4 Å². The number of halogens is 2. The minimum Gasteiger partial charge on any atom is -0.273 e. The van der Waals surface area contributed by atoms with E-state index in [4.69, 9.17) is 16.4 Å². The summed E-state index contributed by atoms with van der Waals surface area (Å²) in [7, 11) is 0. The average molecular weight is 423 g/mol. The van der Waals surface area contributed by atoms with Gasteiger partial charge in [-0.25, -0.2) is 14.4 Å². The fourth-order valence-corrected chi connectivity index (χ4v) is 4.18. The highest BCUT2D eigenvalue weighted by Crippen LogP contribution is 2.47. The molecule has 7 heteroatoms. The molecule has 2 amide bonds. The highest BCUT2D eigenvalue weighted by molar-refractivity contribution is 6.30. The Balaban J connectivity index is 1.58. The van der Waals surface area contributed by atoms with E-state index in [0.717, 1.165) is 16.2 Å². The first-order valence-corrected chi connectivity index (χ1v) is 9.82. The fourth-order valence-electron chi connectivity index (χ4n) is 4.06. The van der Waals surface area contributed by atoms with E-state index in [1.54, 1.807) is 17.2 Å². The van der Waals surface area contributed by atoms with Crippen LogP contribution in [0.2, 0.25) is 5.02 Å². The second kappa shape index (κ2) is 7.23. The van der Waals surface area contributed by atoms with Gasteiger partial charge in [-0.15, -0.1) is 0 Å². The summed E-state index contributed by atoms with van der Waals surface area (Å²) < 4.78 is 13.3. The van der Waals surface area contributed by atoms with E-state index in [-0.39, 0.29) is 5.91 Å². The molecule has 3 aromatic carbocycles. The summed E-state index contributed by atoms with van der Waals surface area (Å²) in [4.78, 5) is 33.6. The van der Waals surface area contributed by atoms with Gasteiger partial charge >= 0.3 is 0 Å². The number of para-hydroxylation sites is 1. The van der Waals surface area contributed by atoms with Crippen molar-refractivity contribution in [1.29, 1.82) is 0 Å². The van der Waals surface area contributed by atoms with Crippen molar-refractivity contribution in [2.24, 2.45) is 5.92 Å². The molecule has 3 atom stereocenters. The third kappa shape index (κ3) is 2.96. The van der Waals surface area contributed by atoms with Crippen molar-refractivity contribution in [3.63, 3.8) is 0 Å². The fraction of sp³-hybridized carbons (Fsp3) is 0.130. The van der Waals surface area contributed by atoms with Crippen LogP contribution in [0, 0.1) is 11.7 Å². The molecular formula is C23H16ClFN2O3. The highest BCUT2D eigenvalue weighted by atomic mass is 35.5. The minimum absolute atomic E-state index is 0.325. The van der Waals surface area contributed by atoms with Crippen LogP contribution < -0.4 is 9.96 Å². The summed E-state index contributed by atoms with van der Waals surface area (Å²) in [5, 5.41) is 2.19. The van der Waals surface area contributed by atoms with E-state index in [1.807, 2.05) is 42.5 Å². The van der Waals surface area contributed by atoms with Crippen molar-refractivity contribution in [2.75, 3.05) is 9.96 Å². The Morgan fingerprint density at radius 1 is 0.800 bits per heavy atom. The maximum absolute atomic E-state index is 13.4. The topological polar surface area (TPSA) is 49.9 Å². The molecule has 0 saturated carbocycles. The lowest BCUT2D eigenvalue weighted by Gasteiger charge is -2.28. The molecule has 2 aliphatic rings. The van der Waals surface area contributed by atoms with Gasteiger partial charge in [0, 0.05) is 5.02 Å². The van der Waals surface area contributed by atoms with Gasteiger partial charge in [0.1, 0.15) is 11.7 Å². The summed E-state index contributed by atoms with van der Waals surface area (Å²) in [6.07, 6.45) is -0.969. The van der Waals surface area contributed by atoms with Gasteiger partial charge in [-0.2, -0.15) is 0 Å². The minimum atomic E-state index is -0.969. The van der Waals surface area contributed by atoms with Crippen LogP contribution in [-0.2, 0) is 14.4 Å². The molecule has 2 heterocycles. The second-order valence-corrected chi connectivity index (χ2v) is 7.63. The lowest BCUT2D eigenvalue weighted by atomic mass is 9.90.